The van der Waals surface area contributed by atoms with E-state index in [1.54, 1.807) is 0 Å². The fraction of sp³-hybridized carbons (Fsp3) is 0.200. The molecule has 4 rings (SSSR count). The lowest BCUT2D eigenvalue weighted by molar-refractivity contribution is 0.566. The quantitative estimate of drug-likeness (QED) is 0.717. The molecule has 0 aliphatic heterocycles. The second kappa shape index (κ2) is 5.01. The van der Waals surface area contributed by atoms with E-state index in [0.717, 1.165) is 6.42 Å². The average molecular weight is 273 g/mol. The van der Waals surface area contributed by atoms with Crippen LogP contribution in [0, 0.1) is 0 Å². The van der Waals surface area contributed by atoms with Crippen LogP contribution >= 0.6 is 0 Å². The first-order valence-corrected chi connectivity index (χ1v) is 7.62. The minimum absolute atomic E-state index is 0.463. The maximum atomic E-state index is 3.47. The van der Waals surface area contributed by atoms with Gasteiger partial charge in [-0.05, 0) is 40.9 Å². The van der Waals surface area contributed by atoms with Crippen LogP contribution in [0.4, 0.5) is 0 Å². The zero-order valence-electron chi connectivity index (χ0n) is 12.2. The smallest absolute Gasteiger partial charge is 0.0329 e. The van der Waals surface area contributed by atoms with Gasteiger partial charge < -0.3 is 5.32 Å². The Morgan fingerprint density at radius 1 is 0.762 bits per heavy atom. The van der Waals surface area contributed by atoms with Crippen molar-refractivity contribution in [2.45, 2.75) is 18.4 Å². The topological polar surface area (TPSA) is 12.0 Å². The molecule has 1 N–H and O–H groups in total. The van der Waals surface area contributed by atoms with Gasteiger partial charge in [0.2, 0.25) is 0 Å². The van der Waals surface area contributed by atoms with Crippen LogP contribution < -0.4 is 5.32 Å². The van der Waals surface area contributed by atoms with Gasteiger partial charge in [0.1, 0.15) is 0 Å². The molecule has 1 aliphatic rings. The minimum atomic E-state index is 0.463. The van der Waals surface area contributed by atoms with Crippen molar-refractivity contribution in [1.29, 1.82) is 0 Å². The van der Waals surface area contributed by atoms with Crippen molar-refractivity contribution in [3.63, 3.8) is 0 Å². The van der Waals surface area contributed by atoms with Gasteiger partial charge in [-0.2, -0.15) is 0 Å². The van der Waals surface area contributed by atoms with Crippen molar-refractivity contribution in [3.8, 4) is 0 Å². The Kier molecular flexibility index (Phi) is 3.01. The maximum absolute atomic E-state index is 3.47. The zero-order chi connectivity index (χ0) is 14.2. The Bertz CT molecular complexity index is 785. The zero-order valence-corrected chi connectivity index (χ0v) is 12.2. The summed E-state index contributed by atoms with van der Waals surface area (Å²) in [7, 11) is 2.06. The Morgan fingerprint density at radius 3 is 2.29 bits per heavy atom. The Labute approximate surface area is 125 Å². The highest BCUT2D eigenvalue weighted by molar-refractivity contribution is 5.86. The molecule has 1 aliphatic carbocycles. The third kappa shape index (κ3) is 1.97. The van der Waals surface area contributed by atoms with Crippen molar-refractivity contribution >= 4 is 10.8 Å². The van der Waals surface area contributed by atoms with Crippen LogP contribution in [0.5, 0.6) is 0 Å². The predicted molar refractivity (Wildman–Crippen MR) is 88.7 cm³/mol. The summed E-state index contributed by atoms with van der Waals surface area (Å²) in [5.41, 5.74) is 4.39. The Hall–Kier alpha value is -2.12. The summed E-state index contributed by atoms with van der Waals surface area (Å²) in [5, 5.41) is 6.19. The van der Waals surface area contributed by atoms with Crippen LogP contribution in [-0.4, -0.2) is 7.05 Å². The summed E-state index contributed by atoms with van der Waals surface area (Å²) in [4.78, 5) is 0. The van der Waals surface area contributed by atoms with Crippen LogP contribution in [-0.2, 0) is 0 Å². The first kappa shape index (κ1) is 12.6. The van der Waals surface area contributed by atoms with E-state index in [1.807, 2.05) is 0 Å². The molecule has 1 nitrogen and oxygen atoms in total. The highest BCUT2D eigenvalue weighted by Gasteiger charge is 2.31. The molecule has 2 unspecified atom stereocenters. The first-order chi connectivity index (χ1) is 10.4. The molecule has 0 spiro atoms. The van der Waals surface area contributed by atoms with Gasteiger partial charge >= 0.3 is 0 Å². The molecule has 0 saturated carbocycles. The first-order valence-electron chi connectivity index (χ1n) is 7.62. The highest BCUT2D eigenvalue weighted by Crippen LogP contribution is 2.45. The fourth-order valence-electron chi connectivity index (χ4n) is 3.76. The highest BCUT2D eigenvalue weighted by atomic mass is 14.9. The molecule has 0 aromatic heterocycles. The molecule has 0 radical (unpaired) electrons. The van der Waals surface area contributed by atoms with Gasteiger partial charge in [-0.15, -0.1) is 0 Å². The SMILES string of the molecule is CNC1CC(c2cccc3ccccc23)c2ccccc21. The molecule has 21 heavy (non-hydrogen) atoms. The summed E-state index contributed by atoms with van der Waals surface area (Å²) in [6.07, 6.45) is 1.14. The second-order valence-electron chi connectivity index (χ2n) is 5.83. The molecule has 0 bridgehead atoms. The van der Waals surface area contributed by atoms with Crippen LogP contribution in [0.1, 0.15) is 35.1 Å². The van der Waals surface area contributed by atoms with Crippen LogP contribution in [0.25, 0.3) is 10.8 Å². The molecule has 2 atom stereocenters. The number of benzene rings is 3. The molecule has 1 heteroatoms. The van der Waals surface area contributed by atoms with E-state index in [-0.39, 0.29) is 0 Å². The number of hydrogen-bond acceptors (Lipinski definition) is 1. The number of rotatable bonds is 2. The number of nitrogens with one attached hydrogen (secondary N) is 1. The van der Waals surface area contributed by atoms with E-state index < -0.39 is 0 Å². The van der Waals surface area contributed by atoms with E-state index in [1.165, 1.54) is 27.5 Å². The molecule has 0 saturated heterocycles. The molecule has 0 heterocycles. The third-order valence-electron chi connectivity index (χ3n) is 4.77. The lowest BCUT2D eigenvalue weighted by Gasteiger charge is -2.15. The summed E-state index contributed by atoms with van der Waals surface area (Å²) in [6, 6.07) is 24.7. The average Bonchev–Trinajstić information content (AvgIpc) is 2.93. The molecule has 0 amide bonds. The normalized spacial score (nSPS) is 20.6. The van der Waals surface area contributed by atoms with Gasteiger partial charge in [0, 0.05) is 12.0 Å². The van der Waals surface area contributed by atoms with Gasteiger partial charge in [-0.3, -0.25) is 0 Å². The molecule has 3 aromatic carbocycles. The minimum Gasteiger partial charge on any atom is -0.313 e. The third-order valence-corrected chi connectivity index (χ3v) is 4.77. The van der Waals surface area contributed by atoms with Gasteiger partial charge in [0.15, 0.2) is 0 Å². The predicted octanol–water partition coefficient (Wildman–Crippen LogP) is 4.64. The number of hydrogen-bond donors (Lipinski definition) is 1. The van der Waals surface area contributed by atoms with Crippen LogP contribution in [0.15, 0.2) is 66.7 Å². The van der Waals surface area contributed by atoms with Crippen LogP contribution in [0.3, 0.4) is 0 Å². The van der Waals surface area contributed by atoms with Crippen molar-refractivity contribution in [1.82, 2.24) is 5.32 Å². The second-order valence-corrected chi connectivity index (χ2v) is 5.83. The standard InChI is InChI=1S/C20H19N/c1-21-20-13-19(17-10-4-5-11-18(17)20)16-12-6-8-14-7-2-3-9-15(14)16/h2-12,19-21H,13H2,1H3. The fourth-order valence-corrected chi connectivity index (χ4v) is 3.76. The van der Waals surface area contributed by atoms with E-state index in [4.69, 9.17) is 0 Å². The molecule has 3 aromatic rings. The maximum Gasteiger partial charge on any atom is 0.0329 e. The molecular weight excluding hydrogens is 254 g/mol. The van der Waals surface area contributed by atoms with E-state index in [9.17, 15) is 0 Å². The summed E-state index contributed by atoms with van der Waals surface area (Å²) in [5.74, 6) is 0.491. The van der Waals surface area contributed by atoms with Crippen molar-refractivity contribution in [2.24, 2.45) is 0 Å². The summed E-state index contributed by atoms with van der Waals surface area (Å²) >= 11 is 0. The summed E-state index contributed by atoms with van der Waals surface area (Å²) in [6.45, 7) is 0. The number of fused-ring (bicyclic) bond motifs is 2. The molecule has 104 valence electrons. The van der Waals surface area contributed by atoms with E-state index >= 15 is 0 Å². The Morgan fingerprint density at radius 2 is 1.43 bits per heavy atom. The monoisotopic (exact) mass is 273 g/mol. The summed E-state index contributed by atoms with van der Waals surface area (Å²) < 4.78 is 0. The van der Waals surface area contributed by atoms with Gasteiger partial charge in [0.05, 0.1) is 0 Å². The van der Waals surface area contributed by atoms with Crippen LogP contribution in [0.2, 0.25) is 0 Å². The van der Waals surface area contributed by atoms with E-state index in [2.05, 4.69) is 79.1 Å². The lowest BCUT2D eigenvalue weighted by Crippen LogP contribution is -2.13. The van der Waals surface area contributed by atoms with Crippen molar-refractivity contribution < 1.29 is 0 Å². The van der Waals surface area contributed by atoms with Gasteiger partial charge in [-0.25, -0.2) is 0 Å². The van der Waals surface area contributed by atoms with Crippen molar-refractivity contribution in [2.75, 3.05) is 7.05 Å². The molecule has 0 fully saturated rings. The largest absolute Gasteiger partial charge is 0.313 e. The molecular formula is C20H19N. The van der Waals surface area contributed by atoms with Crippen molar-refractivity contribution in [3.05, 3.63) is 83.4 Å². The lowest BCUT2D eigenvalue weighted by atomic mass is 9.89. The van der Waals surface area contributed by atoms with Gasteiger partial charge in [0.25, 0.3) is 0 Å². The Balaban J connectivity index is 1.91. The van der Waals surface area contributed by atoms with E-state index in [0.29, 0.717) is 12.0 Å². The van der Waals surface area contributed by atoms with Gasteiger partial charge in [-0.1, -0.05) is 66.7 Å².